The first-order valence-electron chi connectivity index (χ1n) is 6.36. The molecule has 21 heavy (non-hydrogen) atoms. The zero-order valence-electron chi connectivity index (χ0n) is 11.9. The molecule has 7 heteroatoms. The summed E-state index contributed by atoms with van der Waals surface area (Å²) >= 11 is 0. The molecule has 1 rings (SSSR count). The van der Waals surface area contributed by atoms with Crippen molar-refractivity contribution in [2.75, 3.05) is 7.11 Å². The molecule has 0 bridgehead atoms. The number of halogens is 3. The first-order chi connectivity index (χ1) is 9.66. The highest BCUT2D eigenvalue weighted by Gasteiger charge is 2.45. The molecule has 0 spiro atoms. The molecule has 0 aliphatic rings. The fourth-order valence-electron chi connectivity index (χ4n) is 1.81. The third-order valence-electron chi connectivity index (χ3n) is 3.02. The van der Waals surface area contributed by atoms with Gasteiger partial charge in [-0.25, -0.2) is 0 Å². The van der Waals surface area contributed by atoms with Crippen molar-refractivity contribution in [2.45, 2.75) is 32.2 Å². The van der Waals surface area contributed by atoms with Crippen molar-refractivity contribution < 1.29 is 27.8 Å². The molecule has 0 aliphatic heterocycles. The number of carbonyl (C=O) groups is 1. The molecule has 0 aromatic heterocycles. The number of rotatable bonds is 5. The Morgan fingerprint density at radius 2 is 1.95 bits per heavy atom. The second-order valence-electron chi connectivity index (χ2n) is 4.96. The normalized spacial score (nSPS) is 14.7. The number of alkyl halides is 3. The highest BCUT2D eigenvalue weighted by molar-refractivity contribution is 5.94. The summed E-state index contributed by atoms with van der Waals surface area (Å²) in [5.41, 5.74) is 0.161. The van der Waals surface area contributed by atoms with Gasteiger partial charge in [0.1, 0.15) is 5.75 Å². The Morgan fingerprint density at radius 1 is 1.33 bits per heavy atom. The van der Waals surface area contributed by atoms with Crippen LogP contribution in [-0.4, -0.2) is 36.4 Å². The first-order valence-corrected chi connectivity index (χ1v) is 6.36. The summed E-state index contributed by atoms with van der Waals surface area (Å²) in [4.78, 5) is 12.0. The summed E-state index contributed by atoms with van der Waals surface area (Å²) in [6, 6.07) is 4.60. The van der Waals surface area contributed by atoms with Crippen LogP contribution in [0.1, 0.15) is 24.2 Å². The average molecular weight is 305 g/mol. The topological polar surface area (TPSA) is 58.6 Å². The molecule has 0 saturated carbocycles. The number of nitrogens with one attached hydrogen (secondary N) is 1. The summed E-state index contributed by atoms with van der Waals surface area (Å²) in [6.45, 7) is 2.98. The second kappa shape index (κ2) is 6.80. The molecule has 1 aromatic rings. The molecule has 2 atom stereocenters. The van der Waals surface area contributed by atoms with Crippen LogP contribution in [-0.2, 0) is 0 Å². The van der Waals surface area contributed by atoms with Gasteiger partial charge in [-0.2, -0.15) is 13.2 Å². The fraction of sp³-hybridized carbons (Fsp3) is 0.500. The predicted molar refractivity (Wildman–Crippen MR) is 71.1 cm³/mol. The van der Waals surface area contributed by atoms with Crippen molar-refractivity contribution >= 4 is 5.91 Å². The summed E-state index contributed by atoms with van der Waals surface area (Å²) in [5, 5.41) is 11.6. The standard InChI is InChI=1S/C14H18F3NO3/c1-8(2)11(12(19)14(15,16)17)18-13(20)9-5-4-6-10(7-9)21-3/h4-8,11-12,19H,1-3H3,(H,18,20)/t11-,12-/m0/s1. The van der Waals surface area contributed by atoms with E-state index in [0.717, 1.165) is 0 Å². The van der Waals surface area contributed by atoms with Gasteiger partial charge in [-0.15, -0.1) is 0 Å². The maximum Gasteiger partial charge on any atom is 0.416 e. The van der Waals surface area contributed by atoms with E-state index < -0.39 is 30.1 Å². The Kier molecular flexibility index (Phi) is 5.60. The summed E-state index contributed by atoms with van der Waals surface area (Å²) in [6.07, 6.45) is -7.41. The van der Waals surface area contributed by atoms with Gasteiger partial charge in [0.25, 0.3) is 5.91 Å². The third-order valence-corrected chi connectivity index (χ3v) is 3.02. The van der Waals surface area contributed by atoms with Gasteiger partial charge in [-0.05, 0) is 24.1 Å². The van der Waals surface area contributed by atoms with Crippen LogP contribution in [0.25, 0.3) is 0 Å². The average Bonchev–Trinajstić information content (AvgIpc) is 2.42. The van der Waals surface area contributed by atoms with E-state index in [1.807, 2.05) is 0 Å². The van der Waals surface area contributed by atoms with Crippen molar-refractivity contribution in [3.63, 3.8) is 0 Å². The van der Waals surface area contributed by atoms with E-state index in [-0.39, 0.29) is 5.56 Å². The Morgan fingerprint density at radius 3 is 2.43 bits per heavy atom. The van der Waals surface area contributed by atoms with Gasteiger partial charge >= 0.3 is 6.18 Å². The lowest BCUT2D eigenvalue weighted by Crippen LogP contribution is -2.52. The summed E-state index contributed by atoms with van der Waals surface area (Å²) in [5.74, 6) is -0.868. The van der Waals surface area contributed by atoms with Crippen LogP contribution in [0, 0.1) is 5.92 Å². The number of hydrogen-bond acceptors (Lipinski definition) is 3. The molecule has 1 amide bonds. The number of benzene rings is 1. The third kappa shape index (κ3) is 4.63. The number of amides is 1. The SMILES string of the molecule is COc1cccc(C(=O)N[C@@H](C(C)C)[C@H](O)C(F)(F)F)c1. The molecule has 118 valence electrons. The van der Waals surface area contributed by atoms with Crippen LogP contribution < -0.4 is 10.1 Å². The predicted octanol–water partition coefficient (Wildman–Crippen LogP) is 2.37. The van der Waals surface area contributed by atoms with Crippen molar-refractivity contribution in [1.29, 1.82) is 0 Å². The molecule has 0 radical (unpaired) electrons. The quantitative estimate of drug-likeness (QED) is 0.878. The van der Waals surface area contributed by atoms with Gasteiger partial charge in [-0.3, -0.25) is 4.79 Å². The van der Waals surface area contributed by atoms with E-state index in [9.17, 15) is 23.1 Å². The van der Waals surface area contributed by atoms with Crippen molar-refractivity contribution in [2.24, 2.45) is 5.92 Å². The minimum atomic E-state index is -4.80. The molecule has 0 fully saturated rings. The van der Waals surface area contributed by atoms with Crippen LogP contribution in [0.4, 0.5) is 13.2 Å². The largest absolute Gasteiger partial charge is 0.497 e. The molecule has 0 heterocycles. The highest BCUT2D eigenvalue weighted by atomic mass is 19.4. The Hall–Kier alpha value is -1.76. The van der Waals surface area contributed by atoms with Gasteiger partial charge in [0, 0.05) is 5.56 Å². The number of ether oxygens (including phenoxy) is 1. The fourth-order valence-corrected chi connectivity index (χ4v) is 1.81. The van der Waals surface area contributed by atoms with E-state index in [1.165, 1.54) is 33.1 Å². The zero-order chi connectivity index (χ0) is 16.2. The maximum absolute atomic E-state index is 12.6. The first kappa shape index (κ1) is 17.3. The number of hydrogen-bond donors (Lipinski definition) is 2. The van der Waals surface area contributed by atoms with Gasteiger partial charge in [0.2, 0.25) is 0 Å². The molecule has 1 aromatic carbocycles. The van der Waals surface area contributed by atoms with Crippen LogP contribution in [0.2, 0.25) is 0 Å². The van der Waals surface area contributed by atoms with Gasteiger partial charge in [0.05, 0.1) is 13.2 Å². The van der Waals surface area contributed by atoms with Crippen LogP contribution in [0.15, 0.2) is 24.3 Å². The minimum Gasteiger partial charge on any atom is -0.497 e. The monoisotopic (exact) mass is 305 g/mol. The van der Waals surface area contributed by atoms with E-state index >= 15 is 0 Å². The van der Waals surface area contributed by atoms with Gasteiger partial charge in [0.15, 0.2) is 6.10 Å². The van der Waals surface area contributed by atoms with Crippen LogP contribution >= 0.6 is 0 Å². The van der Waals surface area contributed by atoms with Crippen molar-refractivity contribution in [3.05, 3.63) is 29.8 Å². The highest BCUT2D eigenvalue weighted by Crippen LogP contribution is 2.25. The number of aliphatic hydroxyl groups is 1. The van der Waals surface area contributed by atoms with Crippen molar-refractivity contribution in [3.8, 4) is 5.75 Å². The molecule has 2 N–H and O–H groups in total. The number of methoxy groups -OCH3 is 1. The molecule has 0 aliphatic carbocycles. The molecule has 0 saturated heterocycles. The molecular weight excluding hydrogens is 287 g/mol. The number of carbonyl (C=O) groups excluding carboxylic acids is 1. The van der Waals surface area contributed by atoms with Crippen LogP contribution in [0.5, 0.6) is 5.75 Å². The Labute approximate surface area is 120 Å². The van der Waals surface area contributed by atoms with E-state index in [1.54, 1.807) is 12.1 Å². The van der Waals surface area contributed by atoms with E-state index in [4.69, 9.17) is 4.74 Å². The minimum absolute atomic E-state index is 0.161. The van der Waals surface area contributed by atoms with Gasteiger partial charge < -0.3 is 15.2 Å². The smallest absolute Gasteiger partial charge is 0.416 e. The van der Waals surface area contributed by atoms with Crippen LogP contribution in [0.3, 0.4) is 0 Å². The van der Waals surface area contributed by atoms with Crippen molar-refractivity contribution in [1.82, 2.24) is 5.32 Å². The lowest BCUT2D eigenvalue weighted by Gasteiger charge is -2.28. The maximum atomic E-state index is 12.6. The number of aliphatic hydroxyl groups excluding tert-OH is 1. The lowest BCUT2D eigenvalue weighted by atomic mass is 9.97. The molecule has 4 nitrogen and oxygen atoms in total. The lowest BCUT2D eigenvalue weighted by molar-refractivity contribution is -0.214. The Bertz CT molecular complexity index is 489. The summed E-state index contributed by atoms with van der Waals surface area (Å²) < 4.78 is 42.8. The van der Waals surface area contributed by atoms with E-state index in [2.05, 4.69) is 5.32 Å². The zero-order valence-corrected chi connectivity index (χ0v) is 11.9. The summed E-state index contributed by atoms with van der Waals surface area (Å²) in [7, 11) is 1.42. The van der Waals surface area contributed by atoms with E-state index in [0.29, 0.717) is 5.75 Å². The Balaban J connectivity index is 2.91. The molecule has 0 unspecified atom stereocenters. The second-order valence-corrected chi connectivity index (χ2v) is 4.96. The van der Waals surface area contributed by atoms with Gasteiger partial charge in [-0.1, -0.05) is 19.9 Å². The molecular formula is C14H18F3NO3.